The molecule has 1 aromatic rings. The predicted molar refractivity (Wildman–Crippen MR) is 166 cm³/mol. The fraction of sp³-hybridized carbons (Fsp3) is 0.743. The number of rotatable bonds is 21. The molecule has 3 unspecified atom stereocenters. The first-order chi connectivity index (χ1) is 19.4. The molecule has 0 fully saturated rings. The molecule has 0 N–H and O–H groups in total. The van der Waals surface area contributed by atoms with E-state index < -0.39 is 17.4 Å². The Labute approximate surface area is 244 Å². The molecule has 226 valence electrons. The van der Waals surface area contributed by atoms with Crippen molar-refractivity contribution < 1.29 is 19.1 Å². The van der Waals surface area contributed by atoms with Crippen molar-refractivity contribution in [2.24, 2.45) is 16.8 Å². The predicted octanol–water partition coefficient (Wildman–Crippen LogP) is 9.23. The van der Waals surface area contributed by atoms with E-state index in [1.54, 1.807) is 6.21 Å². The second-order valence-corrected chi connectivity index (χ2v) is 12.2. The summed E-state index contributed by atoms with van der Waals surface area (Å²) in [6.45, 7) is 9.22. The normalized spacial score (nSPS) is 19.9. The molecule has 1 aliphatic rings. The first-order valence-electron chi connectivity index (χ1n) is 16.4. The van der Waals surface area contributed by atoms with Gasteiger partial charge in [0.1, 0.15) is 0 Å². The Hall–Kier alpha value is -2.17. The number of hydrogen-bond donors (Lipinski definition) is 0. The summed E-state index contributed by atoms with van der Waals surface area (Å²) in [6.07, 6.45) is 20.8. The van der Waals surface area contributed by atoms with Gasteiger partial charge in [0.25, 0.3) is 0 Å². The van der Waals surface area contributed by atoms with E-state index in [1.165, 1.54) is 77.0 Å². The Morgan fingerprint density at radius 1 is 0.675 bits per heavy atom. The number of aliphatic imine (C=N–C) groups is 1. The van der Waals surface area contributed by atoms with Crippen LogP contribution in [0.1, 0.15) is 142 Å². The van der Waals surface area contributed by atoms with Crippen LogP contribution < -0.4 is 0 Å². The van der Waals surface area contributed by atoms with Crippen LogP contribution in [0.25, 0.3) is 0 Å². The molecule has 1 heterocycles. The second kappa shape index (κ2) is 19.8. The Balaban J connectivity index is 1.94. The first-order valence-corrected chi connectivity index (χ1v) is 16.4. The number of hydrogen-bond acceptors (Lipinski definition) is 5. The van der Waals surface area contributed by atoms with Gasteiger partial charge in [-0.05, 0) is 32.3 Å². The van der Waals surface area contributed by atoms with Crippen LogP contribution in [-0.2, 0) is 19.1 Å². The van der Waals surface area contributed by atoms with Crippen LogP contribution >= 0.6 is 0 Å². The Kier molecular flexibility index (Phi) is 16.9. The minimum absolute atomic E-state index is 0.264. The fourth-order valence-electron chi connectivity index (χ4n) is 5.81. The molecule has 5 nitrogen and oxygen atoms in total. The van der Waals surface area contributed by atoms with Gasteiger partial charge in [-0.2, -0.15) is 0 Å². The van der Waals surface area contributed by atoms with Crippen molar-refractivity contribution in [2.75, 3.05) is 13.2 Å². The maximum atomic E-state index is 13.6. The summed E-state index contributed by atoms with van der Waals surface area (Å²) in [5.74, 6) is -2.10. The lowest BCUT2D eigenvalue weighted by Gasteiger charge is -2.41. The minimum atomic E-state index is -0.675. The van der Waals surface area contributed by atoms with Crippen LogP contribution in [0.15, 0.2) is 35.3 Å². The summed E-state index contributed by atoms with van der Waals surface area (Å²) in [4.78, 5) is 31.6. The molecular formula is C35H57NO4. The van der Waals surface area contributed by atoms with Crippen molar-refractivity contribution in [3.63, 3.8) is 0 Å². The van der Waals surface area contributed by atoms with Crippen molar-refractivity contribution in [2.45, 2.75) is 142 Å². The zero-order valence-corrected chi connectivity index (χ0v) is 26.0. The van der Waals surface area contributed by atoms with Crippen molar-refractivity contribution in [1.29, 1.82) is 0 Å². The largest absolute Gasteiger partial charge is 0.465 e. The van der Waals surface area contributed by atoms with Crippen LogP contribution in [-0.4, -0.2) is 36.9 Å². The highest BCUT2D eigenvalue weighted by Gasteiger charge is 2.50. The van der Waals surface area contributed by atoms with Gasteiger partial charge in [-0.3, -0.25) is 14.6 Å². The van der Waals surface area contributed by atoms with Gasteiger partial charge in [-0.1, -0.05) is 134 Å². The molecule has 0 aromatic heterocycles. The fourth-order valence-corrected chi connectivity index (χ4v) is 5.81. The van der Waals surface area contributed by atoms with Crippen LogP contribution in [0.3, 0.4) is 0 Å². The first kappa shape index (κ1) is 34.0. The van der Waals surface area contributed by atoms with Crippen LogP contribution in [0.5, 0.6) is 0 Å². The summed E-state index contributed by atoms with van der Waals surface area (Å²) < 4.78 is 11.6. The highest BCUT2D eigenvalue weighted by atomic mass is 16.5. The SMILES string of the molecule is CCCCCCCCCCOC(=O)C1C=NC(C)(C)C(C(=O)OCCCCCCCCCC)C1c1ccccc1. The number of carbonyl (C=O) groups is 2. The molecule has 3 atom stereocenters. The summed E-state index contributed by atoms with van der Waals surface area (Å²) in [5.41, 5.74) is 0.274. The van der Waals surface area contributed by atoms with Gasteiger partial charge in [-0.15, -0.1) is 0 Å². The van der Waals surface area contributed by atoms with Crippen molar-refractivity contribution in [3.8, 4) is 0 Å². The van der Waals surface area contributed by atoms with E-state index in [4.69, 9.17) is 14.5 Å². The number of ether oxygens (including phenoxy) is 2. The van der Waals surface area contributed by atoms with E-state index in [-0.39, 0.29) is 17.9 Å². The van der Waals surface area contributed by atoms with E-state index in [0.717, 1.165) is 31.2 Å². The Morgan fingerprint density at radius 3 is 1.62 bits per heavy atom. The molecule has 1 aliphatic heterocycles. The maximum absolute atomic E-state index is 13.6. The van der Waals surface area contributed by atoms with Gasteiger partial charge in [0, 0.05) is 12.1 Å². The van der Waals surface area contributed by atoms with Gasteiger partial charge in [-0.25, -0.2) is 0 Å². The molecule has 0 spiro atoms. The molecule has 2 rings (SSSR count). The zero-order valence-electron chi connectivity index (χ0n) is 26.0. The average Bonchev–Trinajstić information content (AvgIpc) is 2.95. The third kappa shape index (κ3) is 12.1. The Morgan fingerprint density at radius 2 is 1.12 bits per heavy atom. The third-order valence-electron chi connectivity index (χ3n) is 8.27. The van der Waals surface area contributed by atoms with E-state index in [9.17, 15) is 9.59 Å². The van der Waals surface area contributed by atoms with Gasteiger partial charge < -0.3 is 9.47 Å². The minimum Gasteiger partial charge on any atom is -0.465 e. The number of nitrogens with zero attached hydrogens (tertiary/aromatic N) is 1. The second-order valence-electron chi connectivity index (χ2n) is 12.2. The van der Waals surface area contributed by atoms with Crippen LogP contribution in [0.4, 0.5) is 0 Å². The smallest absolute Gasteiger partial charge is 0.315 e. The van der Waals surface area contributed by atoms with Gasteiger partial charge in [0.2, 0.25) is 0 Å². The third-order valence-corrected chi connectivity index (χ3v) is 8.27. The summed E-state index contributed by atoms with van der Waals surface area (Å²) in [6, 6.07) is 9.87. The molecule has 0 saturated carbocycles. The highest BCUT2D eigenvalue weighted by molar-refractivity contribution is 5.94. The molecule has 5 heteroatoms. The van der Waals surface area contributed by atoms with Crippen LogP contribution in [0, 0.1) is 11.8 Å². The lowest BCUT2D eigenvalue weighted by Crippen LogP contribution is -2.48. The van der Waals surface area contributed by atoms with Gasteiger partial charge in [0.05, 0.1) is 30.6 Å². The molecule has 0 radical (unpaired) electrons. The van der Waals surface area contributed by atoms with Crippen molar-refractivity contribution >= 4 is 18.2 Å². The number of benzene rings is 1. The van der Waals surface area contributed by atoms with Gasteiger partial charge >= 0.3 is 11.9 Å². The average molecular weight is 556 g/mol. The van der Waals surface area contributed by atoms with E-state index in [0.29, 0.717) is 13.2 Å². The van der Waals surface area contributed by atoms with Crippen molar-refractivity contribution in [1.82, 2.24) is 0 Å². The van der Waals surface area contributed by atoms with E-state index in [2.05, 4.69) is 13.8 Å². The number of carbonyl (C=O) groups excluding carboxylic acids is 2. The number of esters is 2. The lowest BCUT2D eigenvalue weighted by atomic mass is 9.67. The molecular weight excluding hydrogens is 498 g/mol. The summed E-state index contributed by atoms with van der Waals surface area (Å²) >= 11 is 0. The molecule has 40 heavy (non-hydrogen) atoms. The van der Waals surface area contributed by atoms with Crippen molar-refractivity contribution in [3.05, 3.63) is 35.9 Å². The molecule has 0 aliphatic carbocycles. The topological polar surface area (TPSA) is 65.0 Å². The van der Waals surface area contributed by atoms with Gasteiger partial charge in [0.15, 0.2) is 0 Å². The monoisotopic (exact) mass is 555 g/mol. The highest BCUT2D eigenvalue weighted by Crippen LogP contribution is 2.44. The standard InChI is InChI=1S/C35H57NO4/c1-5-7-9-11-13-15-17-22-26-39-33(37)30-28-36-35(3,4)32(31(30)29-24-20-19-21-25-29)34(38)40-27-23-18-16-14-12-10-8-6-2/h19-21,24-25,28,30-32H,5-18,22-23,26-27H2,1-4H3. The summed E-state index contributed by atoms with van der Waals surface area (Å²) in [7, 11) is 0. The number of unbranched alkanes of at least 4 members (excludes halogenated alkanes) is 14. The van der Waals surface area contributed by atoms with E-state index >= 15 is 0 Å². The molecule has 1 aromatic carbocycles. The molecule has 0 bridgehead atoms. The van der Waals surface area contributed by atoms with E-state index in [1.807, 2.05) is 44.2 Å². The summed E-state index contributed by atoms with van der Waals surface area (Å²) in [5, 5.41) is 0. The molecule has 0 saturated heterocycles. The Bertz CT molecular complexity index is 850. The quantitative estimate of drug-likeness (QED) is 0.112. The maximum Gasteiger partial charge on any atom is 0.315 e. The lowest BCUT2D eigenvalue weighted by molar-refractivity contribution is -0.155. The zero-order chi connectivity index (χ0) is 29.1. The molecule has 0 amide bonds. The van der Waals surface area contributed by atoms with Crippen LogP contribution in [0.2, 0.25) is 0 Å².